The Kier molecular flexibility index (Phi) is 5.37. The first-order valence-electron chi connectivity index (χ1n) is 11.7. The number of urea groups is 1. The summed E-state index contributed by atoms with van der Waals surface area (Å²) in [7, 11) is 0. The van der Waals surface area contributed by atoms with Gasteiger partial charge in [0, 0.05) is 36.1 Å². The molecule has 0 radical (unpaired) electrons. The minimum absolute atomic E-state index is 0.132. The van der Waals surface area contributed by atoms with E-state index in [2.05, 4.69) is 10.3 Å². The first-order chi connectivity index (χ1) is 16.0. The number of benzene rings is 2. The number of ether oxygens (including phenoxy) is 1. The second-order valence-electron chi connectivity index (χ2n) is 8.88. The predicted molar refractivity (Wildman–Crippen MR) is 127 cm³/mol. The van der Waals surface area contributed by atoms with E-state index in [1.54, 1.807) is 4.90 Å². The van der Waals surface area contributed by atoms with Crippen LogP contribution in [-0.2, 0) is 11.2 Å². The third kappa shape index (κ3) is 3.30. The van der Waals surface area contributed by atoms with Crippen LogP contribution < -0.4 is 10.1 Å². The summed E-state index contributed by atoms with van der Waals surface area (Å²) in [6, 6.07) is 15.4. The topological polar surface area (TPSA) is 77.7 Å². The number of rotatable bonds is 7. The van der Waals surface area contributed by atoms with E-state index in [0.29, 0.717) is 26.1 Å². The first-order valence-corrected chi connectivity index (χ1v) is 11.7. The van der Waals surface area contributed by atoms with Crippen LogP contribution in [0, 0.1) is 0 Å². The van der Waals surface area contributed by atoms with Crippen LogP contribution in [0.1, 0.15) is 43.6 Å². The van der Waals surface area contributed by atoms with Gasteiger partial charge in [-0.3, -0.25) is 14.6 Å². The number of nitrogens with one attached hydrogen (secondary N) is 2. The van der Waals surface area contributed by atoms with E-state index in [9.17, 15) is 9.59 Å². The molecule has 7 heteroatoms. The van der Waals surface area contributed by atoms with Crippen LogP contribution in [0.15, 0.2) is 48.5 Å². The molecule has 2 atom stereocenters. The smallest absolute Gasteiger partial charge is 0.328 e. The standard InChI is InChI=1S/C26H30N4O3/c1-4-27-13-14-29-24(31)26(3)16-20-19-15-18(33-5-2)11-12-21(19)28-22(20)23(30(26)25(29)32)17-9-7-6-8-10-17/h6-12,15,23,27-28H,4-5,13-14,16H2,1-3H3/t23-,26+/m1/s1. The second kappa shape index (κ2) is 8.23. The number of carbonyl (C=O) groups excluding carboxylic acids is 2. The van der Waals surface area contributed by atoms with Gasteiger partial charge in [0.2, 0.25) is 0 Å². The molecule has 0 bridgehead atoms. The molecule has 2 aliphatic rings. The Morgan fingerprint density at radius 1 is 1.15 bits per heavy atom. The quantitative estimate of drug-likeness (QED) is 0.427. The molecule has 1 fully saturated rings. The van der Waals surface area contributed by atoms with Gasteiger partial charge in [-0.1, -0.05) is 37.3 Å². The monoisotopic (exact) mass is 446 g/mol. The minimum atomic E-state index is -0.951. The van der Waals surface area contributed by atoms with E-state index in [4.69, 9.17) is 4.74 Å². The van der Waals surface area contributed by atoms with Crippen molar-refractivity contribution < 1.29 is 14.3 Å². The van der Waals surface area contributed by atoms with E-state index in [1.807, 2.05) is 69.3 Å². The molecule has 3 aromatic rings. The summed E-state index contributed by atoms with van der Waals surface area (Å²) in [5.74, 6) is 0.670. The average Bonchev–Trinajstić information content (AvgIpc) is 3.26. The number of aromatic nitrogens is 1. The lowest BCUT2D eigenvalue weighted by molar-refractivity contribution is -0.133. The molecule has 172 valence electrons. The summed E-state index contributed by atoms with van der Waals surface area (Å²) in [6.45, 7) is 8.21. The molecule has 2 aromatic carbocycles. The molecule has 0 aliphatic carbocycles. The fraction of sp³-hybridized carbons (Fsp3) is 0.385. The van der Waals surface area contributed by atoms with Crippen molar-refractivity contribution in [1.82, 2.24) is 20.1 Å². The Balaban J connectivity index is 1.67. The van der Waals surface area contributed by atoms with Crippen LogP contribution in [0.5, 0.6) is 5.75 Å². The van der Waals surface area contributed by atoms with Gasteiger partial charge in [-0.15, -0.1) is 0 Å². The maximum atomic E-state index is 13.7. The van der Waals surface area contributed by atoms with Crippen molar-refractivity contribution in [2.24, 2.45) is 0 Å². The van der Waals surface area contributed by atoms with Crippen LogP contribution in [0.3, 0.4) is 0 Å². The molecular formula is C26H30N4O3. The van der Waals surface area contributed by atoms with Crippen LogP contribution in [-0.4, -0.2) is 58.5 Å². The molecule has 3 heterocycles. The van der Waals surface area contributed by atoms with Gasteiger partial charge >= 0.3 is 6.03 Å². The van der Waals surface area contributed by atoms with Crippen molar-refractivity contribution in [3.05, 3.63) is 65.4 Å². The molecule has 1 aromatic heterocycles. The van der Waals surface area contributed by atoms with Gasteiger partial charge in [0.05, 0.1) is 6.61 Å². The maximum Gasteiger partial charge on any atom is 0.328 e. The van der Waals surface area contributed by atoms with Gasteiger partial charge < -0.3 is 15.0 Å². The van der Waals surface area contributed by atoms with Crippen molar-refractivity contribution >= 4 is 22.8 Å². The van der Waals surface area contributed by atoms with Crippen molar-refractivity contribution in [2.45, 2.75) is 38.8 Å². The van der Waals surface area contributed by atoms with Crippen LogP contribution >= 0.6 is 0 Å². The number of hydrogen-bond donors (Lipinski definition) is 2. The number of hydrogen-bond acceptors (Lipinski definition) is 4. The van der Waals surface area contributed by atoms with E-state index in [1.165, 1.54) is 4.90 Å². The molecule has 5 rings (SSSR count). The van der Waals surface area contributed by atoms with Crippen molar-refractivity contribution in [1.29, 1.82) is 0 Å². The number of imide groups is 1. The fourth-order valence-electron chi connectivity index (χ4n) is 5.30. The number of carbonyl (C=O) groups is 2. The Morgan fingerprint density at radius 3 is 2.67 bits per heavy atom. The lowest BCUT2D eigenvalue weighted by Crippen LogP contribution is -2.53. The summed E-state index contributed by atoms with van der Waals surface area (Å²) < 4.78 is 5.75. The number of aromatic amines is 1. The molecule has 0 saturated carbocycles. The van der Waals surface area contributed by atoms with Gasteiger partial charge in [0.15, 0.2) is 0 Å². The number of fused-ring (bicyclic) bond motifs is 4. The van der Waals surface area contributed by atoms with Crippen molar-refractivity contribution in [3.8, 4) is 5.75 Å². The highest BCUT2D eigenvalue weighted by Gasteiger charge is 2.59. The third-order valence-corrected chi connectivity index (χ3v) is 6.83. The van der Waals surface area contributed by atoms with Crippen LogP contribution in [0.4, 0.5) is 4.79 Å². The number of H-pyrrole nitrogens is 1. The van der Waals surface area contributed by atoms with E-state index in [-0.39, 0.29) is 18.0 Å². The van der Waals surface area contributed by atoms with Gasteiger partial charge in [-0.2, -0.15) is 0 Å². The zero-order chi connectivity index (χ0) is 23.2. The first kappa shape index (κ1) is 21.5. The van der Waals surface area contributed by atoms with Crippen molar-refractivity contribution in [3.63, 3.8) is 0 Å². The van der Waals surface area contributed by atoms with E-state index >= 15 is 0 Å². The summed E-state index contributed by atoms with van der Waals surface area (Å²) in [5, 5.41) is 4.27. The number of nitrogens with zero attached hydrogens (tertiary/aromatic N) is 2. The predicted octanol–water partition coefficient (Wildman–Crippen LogP) is 3.84. The number of likely N-dealkylation sites (N-methyl/N-ethyl adjacent to an activating group) is 1. The lowest BCUT2D eigenvalue weighted by atomic mass is 9.81. The van der Waals surface area contributed by atoms with Gasteiger partial charge in [0.1, 0.15) is 17.3 Å². The summed E-state index contributed by atoms with van der Waals surface area (Å²) in [4.78, 5) is 34.1. The van der Waals surface area contributed by atoms with Crippen LogP contribution in [0.2, 0.25) is 0 Å². The normalized spacial score (nSPS) is 22.1. The van der Waals surface area contributed by atoms with Gasteiger partial charge in [-0.25, -0.2) is 4.79 Å². The summed E-state index contributed by atoms with van der Waals surface area (Å²) in [6.07, 6.45) is 0.462. The Morgan fingerprint density at radius 2 is 1.94 bits per heavy atom. The molecule has 2 N–H and O–H groups in total. The Bertz CT molecular complexity index is 1200. The molecule has 33 heavy (non-hydrogen) atoms. The molecule has 3 amide bonds. The van der Waals surface area contributed by atoms with Crippen molar-refractivity contribution in [2.75, 3.05) is 26.2 Å². The average molecular weight is 447 g/mol. The highest BCUT2D eigenvalue weighted by molar-refractivity contribution is 6.08. The molecule has 2 aliphatic heterocycles. The lowest BCUT2D eigenvalue weighted by Gasteiger charge is -2.42. The largest absolute Gasteiger partial charge is 0.494 e. The zero-order valence-electron chi connectivity index (χ0n) is 19.4. The van der Waals surface area contributed by atoms with Gasteiger partial charge in [-0.05, 0) is 49.7 Å². The summed E-state index contributed by atoms with van der Waals surface area (Å²) >= 11 is 0. The molecule has 0 spiro atoms. The second-order valence-corrected chi connectivity index (χ2v) is 8.88. The molecule has 0 unspecified atom stereocenters. The zero-order valence-corrected chi connectivity index (χ0v) is 19.4. The van der Waals surface area contributed by atoms with E-state index < -0.39 is 5.54 Å². The highest BCUT2D eigenvalue weighted by atomic mass is 16.5. The molecule has 7 nitrogen and oxygen atoms in total. The Hall–Kier alpha value is -3.32. The van der Waals surface area contributed by atoms with Crippen LogP contribution in [0.25, 0.3) is 10.9 Å². The third-order valence-electron chi connectivity index (χ3n) is 6.83. The fourth-order valence-corrected chi connectivity index (χ4v) is 5.30. The highest BCUT2D eigenvalue weighted by Crippen LogP contribution is 2.48. The SMILES string of the molecule is CCNCCN1C(=O)N2[C@H](c3ccccc3)c3[nH]c4ccc(OCC)cc4c3C[C@@]2(C)C1=O. The Labute approximate surface area is 193 Å². The minimum Gasteiger partial charge on any atom is -0.494 e. The molecule has 1 saturated heterocycles. The van der Waals surface area contributed by atoms with E-state index in [0.717, 1.165) is 40.0 Å². The molecular weight excluding hydrogens is 416 g/mol. The number of amides is 3. The summed E-state index contributed by atoms with van der Waals surface area (Å²) in [5.41, 5.74) is 3.06. The maximum absolute atomic E-state index is 13.7. The van der Waals surface area contributed by atoms with Gasteiger partial charge in [0.25, 0.3) is 5.91 Å².